The van der Waals surface area contributed by atoms with Crippen LogP contribution in [0.2, 0.25) is 0 Å². The second-order valence-corrected chi connectivity index (χ2v) is 9.21. The fourth-order valence-electron chi connectivity index (χ4n) is 2.16. The Labute approximate surface area is 152 Å². The lowest BCUT2D eigenvalue weighted by atomic mass is 10.1. The Morgan fingerprint density at radius 2 is 1.37 bits per heavy atom. The quantitative estimate of drug-likeness (QED) is 0.391. The Kier molecular flexibility index (Phi) is 5.38. The molecule has 27 heavy (non-hydrogen) atoms. The second-order valence-electron chi connectivity index (χ2n) is 5.55. The van der Waals surface area contributed by atoms with Crippen molar-refractivity contribution in [2.75, 3.05) is 12.5 Å². The summed E-state index contributed by atoms with van der Waals surface area (Å²) in [6, 6.07) is 8.01. The highest BCUT2D eigenvalue weighted by Crippen LogP contribution is 2.49. The van der Waals surface area contributed by atoms with Gasteiger partial charge in [-0.15, -0.1) is 0 Å². The molecule has 0 aliphatic carbocycles. The summed E-state index contributed by atoms with van der Waals surface area (Å²) in [6.07, 6.45) is -3.16. The monoisotopic (exact) mass is 437 g/mol. The molecule has 0 atom stereocenters. The van der Waals surface area contributed by atoms with Gasteiger partial charge in [-0.25, -0.2) is 0 Å². The minimum atomic E-state index is -6.84. The van der Waals surface area contributed by atoms with Crippen molar-refractivity contribution in [3.8, 4) is 5.75 Å². The van der Waals surface area contributed by atoms with E-state index in [4.69, 9.17) is 0 Å². The molecule has 0 aliphatic rings. The molecule has 2 aromatic carbocycles. The maximum absolute atomic E-state index is 13.6. The fourth-order valence-corrected chi connectivity index (χ4v) is 4.04. The van der Waals surface area contributed by atoms with Crippen LogP contribution in [0.25, 0.3) is 10.8 Å². The molecule has 0 heterocycles. The zero-order valence-electron chi connectivity index (χ0n) is 13.7. The molecule has 0 fully saturated rings. The van der Waals surface area contributed by atoms with Crippen molar-refractivity contribution in [2.24, 2.45) is 0 Å². The van der Waals surface area contributed by atoms with Gasteiger partial charge >= 0.3 is 27.5 Å². The summed E-state index contributed by atoms with van der Waals surface area (Å²) in [7, 11) is -7.03. The molecule has 0 N–H and O–H groups in total. The number of hydrogen-bond donors (Lipinski definition) is 0. The molecule has 0 saturated heterocycles. The van der Waals surface area contributed by atoms with Gasteiger partial charge in [0.05, 0.1) is 0 Å². The van der Waals surface area contributed by atoms with E-state index in [0.29, 0.717) is 10.3 Å². The lowest BCUT2D eigenvalue weighted by molar-refractivity contribution is -0.333. The molecule has 3 nitrogen and oxygen atoms in total. The topological polar surface area (TPSA) is 43.4 Å². The van der Waals surface area contributed by atoms with Crippen LogP contribution < -0.4 is 4.18 Å². The van der Waals surface area contributed by atoms with Crippen LogP contribution >= 0.6 is 0 Å². The number of fused-ring (bicyclic) bond motifs is 1. The smallest absolute Gasteiger partial charge is 0.377 e. The molecule has 12 heteroatoms. The third kappa shape index (κ3) is 3.56. The highest BCUT2D eigenvalue weighted by atomic mass is 32.2. The van der Waals surface area contributed by atoms with E-state index in [1.54, 1.807) is 6.07 Å². The zero-order valence-corrected chi connectivity index (χ0v) is 15.3. The first kappa shape index (κ1) is 21.6. The summed E-state index contributed by atoms with van der Waals surface area (Å²) < 4.78 is 117. The Hall–Kier alpha value is -1.69. The molecule has 0 bridgehead atoms. The molecular weight excluding hydrogens is 425 g/mol. The third-order valence-corrected chi connectivity index (χ3v) is 6.04. The predicted octanol–water partition coefficient (Wildman–Crippen LogP) is 4.58. The maximum atomic E-state index is 13.6. The standard InChI is InChI=1S/C15H12F7O3S2/c1-26(2)12-8-7-11(9-5-3-4-6-10(9)12)25-27(23,24)15(21,22)13(16,17)14(18,19)20/h3-8H,1-2H3/q+1. The molecule has 2 rings (SSSR count). The van der Waals surface area contributed by atoms with Gasteiger partial charge in [0.15, 0.2) is 10.6 Å². The first-order valence-corrected chi connectivity index (χ1v) is 10.4. The van der Waals surface area contributed by atoms with Crippen LogP contribution in [0.4, 0.5) is 30.7 Å². The minimum Gasteiger partial charge on any atom is -0.377 e. The number of rotatable bonds is 5. The van der Waals surface area contributed by atoms with Crippen molar-refractivity contribution >= 4 is 31.8 Å². The Balaban J connectivity index is 2.58. The van der Waals surface area contributed by atoms with Gasteiger partial charge in [-0.05, 0) is 18.2 Å². The SMILES string of the molecule is C[S+](C)c1ccc(OS(=O)(=O)C(F)(F)C(F)(F)C(F)(F)F)c2ccccc12. The Bertz CT molecular complexity index is 954. The molecular formula is C15H12F7O3S2+. The van der Waals surface area contributed by atoms with Gasteiger partial charge in [0.25, 0.3) is 0 Å². The molecule has 0 amide bonds. The van der Waals surface area contributed by atoms with Crippen molar-refractivity contribution in [1.29, 1.82) is 0 Å². The fraction of sp³-hybridized carbons (Fsp3) is 0.333. The van der Waals surface area contributed by atoms with E-state index in [-0.39, 0.29) is 16.3 Å². The summed E-state index contributed by atoms with van der Waals surface area (Å²) >= 11 is 0. The lowest BCUT2D eigenvalue weighted by Crippen LogP contribution is -2.57. The van der Waals surface area contributed by atoms with E-state index in [1.165, 1.54) is 24.3 Å². The van der Waals surface area contributed by atoms with Crippen LogP contribution in [0.3, 0.4) is 0 Å². The summed E-state index contributed by atoms with van der Waals surface area (Å²) in [5.41, 5.74) is 0. The van der Waals surface area contributed by atoms with Crippen LogP contribution in [-0.2, 0) is 21.0 Å². The van der Waals surface area contributed by atoms with Gasteiger partial charge in [0.2, 0.25) is 0 Å². The van der Waals surface area contributed by atoms with Gasteiger partial charge in [-0.3, -0.25) is 0 Å². The first-order chi connectivity index (χ1) is 12.1. The predicted molar refractivity (Wildman–Crippen MR) is 86.9 cm³/mol. The van der Waals surface area contributed by atoms with Crippen LogP contribution in [0.1, 0.15) is 0 Å². The highest BCUT2D eigenvalue weighted by Gasteiger charge is 2.80. The number of hydrogen-bond acceptors (Lipinski definition) is 3. The van der Waals surface area contributed by atoms with Crippen LogP contribution in [-0.4, -0.2) is 38.3 Å². The number of benzene rings is 2. The maximum Gasteiger partial charge on any atom is 0.461 e. The Morgan fingerprint density at radius 3 is 1.85 bits per heavy atom. The second kappa shape index (κ2) is 6.73. The van der Waals surface area contributed by atoms with Gasteiger partial charge < -0.3 is 4.18 Å². The first-order valence-electron chi connectivity index (χ1n) is 6.99. The third-order valence-electron chi connectivity index (χ3n) is 3.52. The molecule has 0 saturated carbocycles. The average molecular weight is 437 g/mol. The molecule has 150 valence electrons. The molecule has 0 spiro atoms. The normalized spacial score (nSPS) is 14.0. The lowest BCUT2D eigenvalue weighted by Gasteiger charge is -2.27. The van der Waals surface area contributed by atoms with Crippen molar-refractivity contribution in [3.05, 3.63) is 36.4 Å². The van der Waals surface area contributed by atoms with Crippen molar-refractivity contribution in [3.63, 3.8) is 0 Å². The van der Waals surface area contributed by atoms with Crippen LogP contribution in [0.15, 0.2) is 41.3 Å². The van der Waals surface area contributed by atoms with E-state index in [0.717, 1.165) is 6.07 Å². The van der Waals surface area contributed by atoms with E-state index >= 15 is 0 Å². The molecule has 0 aliphatic heterocycles. The van der Waals surface area contributed by atoms with Crippen LogP contribution in [0.5, 0.6) is 5.75 Å². The van der Waals surface area contributed by atoms with Gasteiger partial charge in [0.1, 0.15) is 12.5 Å². The summed E-state index contributed by atoms with van der Waals surface area (Å²) in [4.78, 5) is 0.697. The molecule has 0 aromatic heterocycles. The van der Waals surface area contributed by atoms with Crippen LogP contribution in [0, 0.1) is 0 Å². The molecule has 0 radical (unpaired) electrons. The van der Waals surface area contributed by atoms with Crippen molar-refractivity contribution < 1.29 is 43.3 Å². The van der Waals surface area contributed by atoms with E-state index < -0.39 is 33.2 Å². The number of alkyl halides is 7. The number of halogens is 7. The van der Waals surface area contributed by atoms with Gasteiger partial charge in [-0.2, -0.15) is 39.2 Å². The summed E-state index contributed by atoms with van der Waals surface area (Å²) in [5.74, 6) is -7.62. The van der Waals surface area contributed by atoms with Gasteiger partial charge in [0, 0.05) is 21.7 Å². The van der Waals surface area contributed by atoms with Crippen molar-refractivity contribution in [2.45, 2.75) is 22.2 Å². The van der Waals surface area contributed by atoms with E-state index in [1.807, 2.05) is 12.5 Å². The minimum absolute atomic E-state index is 0.0223. The summed E-state index contributed by atoms with van der Waals surface area (Å²) in [5, 5.41) is -6.16. The highest BCUT2D eigenvalue weighted by molar-refractivity contribution is 7.95. The Morgan fingerprint density at radius 1 is 0.852 bits per heavy atom. The zero-order chi connectivity index (χ0) is 20.8. The molecule has 2 aromatic rings. The van der Waals surface area contributed by atoms with E-state index in [9.17, 15) is 39.2 Å². The van der Waals surface area contributed by atoms with E-state index in [2.05, 4.69) is 4.18 Å². The average Bonchev–Trinajstić information content (AvgIpc) is 2.53. The summed E-state index contributed by atoms with van der Waals surface area (Å²) in [6.45, 7) is 0. The largest absolute Gasteiger partial charge is 0.461 e. The van der Waals surface area contributed by atoms with Gasteiger partial charge in [-0.1, -0.05) is 18.2 Å². The van der Waals surface area contributed by atoms with Crippen molar-refractivity contribution in [1.82, 2.24) is 0 Å². The molecule has 0 unspecified atom stereocenters.